The maximum absolute atomic E-state index is 13.6. The van der Waals surface area contributed by atoms with Gasteiger partial charge in [-0.15, -0.1) is 0 Å². The second-order valence-corrected chi connectivity index (χ2v) is 14.8. The standard InChI is InChI=1S/C41H44Cl2N6O6/c1-53-35-18-25(10-9-23(35)19-44-21-26-11-15-36(50)46-26)48-39(52)32-8-4-7-31(38(32)43)28-5-3-6-30-29(28)13-14-34(30)55-41-33(42)17-24(40(49-41)54-2)20-45-22-27-12-16-37(51)47-27/h3-10,17-18,26-27,34,44-45H,11-16,19-22H2,1-2H3,(H,46,50)(H,47,51)(H,48,52)/t26-,27-,34-/m0/s1. The second-order valence-electron chi connectivity index (χ2n) is 14.0. The number of ether oxygens (including phenoxy) is 3. The monoisotopic (exact) mass is 786 g/mol. The van der Waals surface area contributed by atoms with Crippen LogP contribution < -0.4 is 40.8 Å². The zero-order valence-corrected chi connectivity index (χ0v) is 32.2. The van der Waals surface area contributed by atoms with Crippen molar-refractivity contribution >= 4 is 46.6 Å². The molecule has 0 saturated carbocycles. The largest absolute Gasteiger partial charge is 0.496 e. The van der Waals surface area contributed by atoms with Gasteiger partial charge in [0.2, 0.25) is 23.6 Å². The Morgan fingerprint density at radius 2 is 1.49 bits per heavy atom. The minimum Gasteiger partial charge on any atom is -0.496 e. The summed E-state index contributed by atoms with van der Waals surface area (Å²) in [5.41, 5.74) is 6.39. The molecule has 5 N–H and O–H groups in total. The first kappa shape index (κ1) is 38.4. The summed E-state index contributed by atoms with van der Waals surface area (Å²) in [4.78, 5) is 41.3. The fourth-order valence-corrected chi connectivity index (χ4v) is 8.04. The van der Waals surface area contributed by atoms with Gasteiger partial charge in [0, 0.05) is 79.5 Å². The Morgan fingerprint density at radius 3 is 2.16 bits per heavy atom. The maximum Gasteiger partial charge on any atom is 0.257 e. The number of halogens is 2. The van der Waals surface area contributed by atoms with E-state index in [2.05, 4.69) is 31.6 Å². The van der Waals surface area contributed by atoms with E-state index in [0.29, 0.717) is 78.4 Å². The fraction of sp³-hybridized carbons (Fsp3) is 0.366. The summed E-state index contributed by atoms with van der Waals surface area (Å²) in [5.74, 6) is 1.15. The summed E-state index contributed by atoms with van der Waals surface area (Å²) < 4.78 is 17.7. The number of hydrogen-bond donors (Lipinski definition) is 5. The molecule has 3 atom stereocenters. The number of anilines is 1. The highest BCUT2D eigenvalue weighted by Gasteiger charge is 2.29. The number of aromatic nitrogens is 1. The Hall–Kier alpha value is -4.88. The predicted molar refractivity (Wildman–Crippen MR) is 211 cm³/mol. The summed E-state index contributed by atoms with van der Waals surface area (Å²) in [5, 5.41) is 16.3. The van der Waals surface area contributed by atoms with Gasteiger partial charge in [-0.05, 0) is 60.6 Å². The molecule has 3 aliphatic rings. The third-order valence-electron chi connectivity index (χ3n) is 10.3. The summed E-state index contributed by atoms with van der Waals surface area (Å²) in [6.07, 6.45) is 3.87. The van der Waals surface area contributed by atoms with E-state index < -0.39 is 0 Å². The Balaban J connectivity index is 1.02. The van der Waals surface area contributed by atoms with Crippen LogP contribution in [-0.4, -0.2) is 62.1 Å². The number of carbonyl (C=O) groups is 3. The van der Waals surface area contributed by atoms with Crippen LogP contribution in [0.4, 0.5) is 5.69 Å². The zero-order valence-electron chi connectivity index (χ0n) is 30.7. The van der Waals surface area contributed by atoms with Crippen LogP contribution in [0.1, 0.15) is 70.8 Å². The topological polar surface area (TPSA) is 152 Å². The van der Waals surface area contributed by atoms with Gasteiger partial charge in [-0.1, -0.05) is 59.6 Å². The molecule has 0 spiro atoms. The van der Waals surface area contributed by atoms with Crippen molar-refractivity contribution in [2.24, 2.45) is 0 Å². The lowest BCUT2D eigenvalue weighted by Gasteiger charge is -2.18. The molecule has 14 heteroatoms. The first-order valence-electron chi connectivity index (χ1n) is 18.5. The lowest BCUT2D eigenvalue weighted by Crippen LogP contribution is -2.35. The number of pyridine rings is 1. The van der Waals surface area contributed by atoms with Crippen molar-refractivity contribution in [2.75, 3.05) is 32.6 Å². The van der Waals surface area contributed by atoms with Gasteiger partial charge in [0.1, 0.15) is 16.9 Å². The van der Waals surface area contributed by atoms with E-state index in [1.807, 2.05) is 42.5 Å². The number of benzene rings is 3. The van der Waals surface area contributed by atoms with E-state index in [0.717, 1.165) is 52.6 Å². The third kappa shape index (κ3) is 8.83. The average Bonchev–Trinajstić information content (AvgIpc) is 3.92. The van der Waals surface area contributed by atoms with E-state index in [-0.39, 0.29) is 41.8 Å². The van der Waals surface area contributed by atoms with Crippen LogP contribution in [0.3, 0.4) is 0 Å². The number of hydrogen-bond acceptors (Lipinski definition) is 9. The lowest BCUT2D eigenvalue weighted by atomic mass is 9.95. The lowest BCUT2D eigenvalue weighted by molar-refractivity contribution is -0.120. The van der Waals surface area contributed by atoms with Crippen molar-refractivity contribution in [3.63, 3.8) is 0 Å². The van der Waals surface area contributed by atoms with Crippen LogP contribution in [0.25, 0.3) is 11.1 Å². The van der Waals surface area contributed by atoms with E-state index in [1.54, 1.807) is 32.4 Å². The fourth-order valence-electron chi connectivity index (χ4n) is 7.51. The molecule has 1 aliphatic carbocycles. The molecular weight excluding hydrogens is 743 g/mol. The van der Waals surface area contributed by atoms with E-state index in [9.17, 15) is 14.4 Å². The molecule has 1 aromatic heterocycles. The summed E-state index contributed by atoms with van der Waals surface area (Å²) >= 11 is 13.7. The summed E-state index contributed by atoms with van der Waals surface area (Å²) in [7, 11) is 3.15. The zero-order chi connectivity index (χ0) is 38.5. The van der Waals surface area contributed by atoms with Crippen molar-refractivity contribution in [3.05, 3.63) is 98.5 Å². The molecule has 12 nitrogen and oxygen atoms in total. The minimum absolute atomic E-state index is 0.0781. The number of nitrogens with zero attached hydrogens (tertiary/aromatic N) is 1. The number of rotatable bonds is 15. The molecule has 7 rings (SSSR count). The highest BCUT2D eigenvalue weighted by Crippen LogP contribution is 2.43. The van der Waals surface area contributed by atoms with E-state index >= 15 is 0 Å². The molecule has 3 amide bonds. The molecule has 0 bridgehead atoms. The van der Waals surface area contributed by atoms with Crippen LogP contribution >= 0.6 is 23.2 Å². The first-order valence-corrected chi connectivity index (χ1v) is 19.3. The maximum atomic E-state index is 13.6. The second kappa shape index (κ2) is 17.3. The van der Waals surface area contributed by atoms with Crippen LogP contribution in [0.15, 0.2) is 60.7 Å². The molecule has 55 heavy (non-hydrogen) atoms. The summed E-state index contributed by atoms with van der Waals surface area (Å²) in [6.45, 7) is 2.32. The Kier molecular flexibility index (Phi) is 12.1. The number of amides is 3. The van der Waals surface area contributed by atoms with Gasteiger partial charge in [-0.25, -0.2) is 0 Å². The van der Waals surface area contributed by atoms with Crippen LogP contribution in [-0.2, 0) is 29.1 Å². The van der Waals surface area contributed by atoms with Crippen molar-refractivity contribution < 1.29 is 28.6 Å². The molecule has 3 heterocycles. The molecule has 288 valence electrons. The molecule has 4 aromatic rings. The van der Waals surface area contributed by atoms with Crippen LogP contribution in [0.5, 0.6) is 17.5 Å². The van der Waals surface area contributed by atoms with Gasteiger partial charge in [0.05, 0.1) is 24.8 Å². The normalized spacial score (nSPS) is 18.8. The molecule has 2 saturated heterocycles. The highest BCUT2D eigenvalue weighted by atomic mass is 35.5. The van der Waals surface area contributed by atoms with Gasteiger partial charge >= 0.3 is 0 Å². The predicted octanol–water partition coefficient (Wildman–Crippen LogP) is 6.13. The van der Waals surface area contributed by atoms with Gasteiger partial charge in [0.25, 0.3) is 5.91 Å². The summed E-state index contributed by atoms with van der Waals surface area (Å²) in [6, 6.07) is 19.0. The molecule has 0 unspecified atom stereocenters. The Labute approximate surface area is 330 Å². The number of nitrogens with one attached hydrogen (secondary N) is 5. The average molecular weight is 788 g/mol. The number of methoxy groups -OCH3 is 2. The Morgan fingerprint density at radius 1 is 0.800 bits per heavy atom. The van der Waals surface area contributed by atoms with Crippen molar-refractivity contribution in [2.45, 2.75) is 69.8 Å². The van der Waals surface area contributed by atoms with Crippen molar-refractivity contribution in [1.82, 2.24) is 26.3 Å². The molecular formula is C41H44Cl2N6O6. The van der Waals surface area contributed by atoms with Gasteiger partial charge in [-0.3, -0.25) is 14.4 Å². The van der Waals surface area contributed by atoms with Gasteiger partial charge in [-0.2, -0.15) is 4.98 Å². The molecule has 2 fully saturated rings. The van der Waals surface area contributed by atoms with Crippen molar-refractivity contribution in [1.29, 1.82) is 0 Å². The quantitative estimate of drug-likeness (QED) is 0.0959. The molecule has 2 aliphatic heterocycles. The van der Waals surface area contributed by atoms with Crippen LogP contribution in [0.2, 0.25) is 10.0 Å². The SMILES string of the molecule is COc1cc(NC(=O)c2cccc(-c3cccc4c3CC[C@@H]4Oc3nc(OC)c(CNC[C@@H]4CCC(=O)N4)cc3Cl)c2Cl)ccc1CNC[C@@H]1CCC(=O)N1. The smallest absolute Gasteiger partial charge is 0.257 e. The highest BCUT2D eigenvalue weighted by molar-refractivity contribution is 6.37. The number of fused-ring (bicyclic) bond motifs is 1. The third-order valence-corrected chi connectivity index (χ3v) is 11.0. The first-order chi connectivity index (χ1) is 26.7. The van der Waals surface area contributed by atoms with E-state index in [1.165, 1.54) is 0 Å². The van der Waals surface area contributed by atoms with Gasteiger partial charge < -0.3 is 40.8 Å². The van der Waals surface area contributed by atoms with Crippen molar-refractivity contribution in [3.8, 4) is 28.6 Å². The minimum atomic E-state index is -0.343. The number of carbonyl (C=O) groups excluding carboxylic acids is 3. The van der Waals surface area contributed by atoms with Crippen LogP contribution in [0, 0.1) is 0 Å². The van der Waals surface area contributed by atoms with Gasteiger partial charge in [0.15, 0.2) is 0 Å². The molecule has 0 radical (unpaired) electrons. The van der Waals surface area contributed by atoms with E-state index in [4.69, 9.17) is 37.4 Å². The Bertz CT molecular complexity index is 2100. The molecule has 3 aromatic carbocycles.